The van der Waals surface area contributed by atoms with E-state index in [9.17, 15) is 0 Å². The molecule has 0 saturated carbocycles. The number of ether oxygens (including phenoxy) is 3. The van der Waals surface area contributed by atoms with Crippen LogP contribution in [0.15, 0.2) is 47.6 Å². The van der Waals surface area contributed by atoms with Gasteiger partial charge in [0.25, 0.3) is 0 Å². The Morgan fingerprint density at radius 2 is 1.81 bits per heavy atom. The number of nitrogens with zero attached hydrogens (tertiary/aromatic N) is 4. The van der Waals surface area contributed by atoms with E-state index in [1.807, 2.05) is 30.3 Å². The molecule has 0 unspecified atom stereocenters. The van der Waals surface area contributed by atoms with E-state index >= 15 is 0 Å². The van der Waals surface area contributed by atoms with E-state index in [-0.39, 0.29) is 0 Å². The molecule has 7 nitrogen and oxygen atoms in total. The Morgan fingerprint density at radius 3 is 2.65 bits per heavy atom. The number of fused-ring (bicyclic) bond motifs is 2. The first kappa shape index (κ1) is 21.6. The first-order chi connectivity index (χ1) is 15.3. The largest absolute Gasteiger partial charge is 0.490 e. The fraction of sp³-hybridized carbons (Fsp3) is 0.500. The Bertz CT molecular complexity index is 865. The van der Waals surface area contributed by atoms with Gasteiger partial charge in [0.1, 0.15) is 5.84 Å². The smallest absolute Gasteiger partial charge is 0.230 e. The molecule has 0 N–H and O–H groups in total. The van der Waals surface area contributed by atoms with Crippen molar-refractivity contribution in [3.63, 3.8) is 0 Å². The number of piperazine rings is 1. The van der Waals surface area contributed by atoms with Crippen molar-refractivity contribution in [2.45, 2.75) is 19.3 Å². The molecule has 3 heterocycles. The van der Waals surface area contributed by atoms with Crippen LogP contribution in [0.25, 0.3) is 0 Å². The van der Waals surface area contributed by atoms with Crippen LogP contribution in [0.5, 0.6) is 17.4 Å². The number of pyridine rings is 1. The number of rotatable bonds is 3. The summed E-state index contributed by atoms with van der Waals surface area (Å²) >= 11 is 0. The molecule has 4 rings (SSSR count). The van der Waals surface area contributed by atoms with E-state index in [1.165, 1.54) is 0 Å². The predicted octanol–water partition coefficient (Wildman–Crippen LogP) is 3.45. The molecule has 0 spiro atoms. The van der Waals surface area contributed by atoms with Gasteiger partial charge in [0, 0.05) is 52.6 Å². The Hall–Kier alpha value is -2.64. The molecule has 0 radical (unpaired) electrons. The Labute approximate surface area is 184 Å². The minimum Gasteiger partial charge on any atom is -0.490 e. The second-order valence-corrected chi connectivity index (χ2v) is 7.84. The molecule has 1 aromatic heterocycles. The molecular formula is C24H32N4O3. The third-order valence-corrected chi connectivity index (χ3v) is 5.67. The van der Waals surface area contributed by atoms with Crippen LogP contribution in [-0.2, 0) is 4.74 Å². The Morgan fingerprint density at radius 1 is 0.968 bits per heavy atom. The summed E-state index contributed by atoms with van der Waals surface area (Å²) in [4.78, 5) is 14.4. The summed E-state index contributed by atoms with van der Waals surface area (Å²) in [6, 6.07) is 11.8. The van der Waals surface area contributed by atoms with Crippen LogP contribution in [0, 0.1) is 0 Å². The van der Waals surface area contributed by atoms with Gasteiger partial charge in [0.2, 0.25) is 5.88 Å². The lowest BCUT2D eigenvalue weighted by Gasteiger charge is -2.36. The van der Waals surface area contributed by atoms with Crippen LogP contribution in [-0.4, -0.2) is 80.2 Å². The van der Waals surface area contributed by atoms with Gasteiger partial charge in [-0.15, -0.1) is 0 Å². The van der Waals surface area contributed by atoms with Crippen LogP contribution < -0.4 is 9.47 Å². The summed E-state index contributed by atoms with van der Waals surface area (Å²) in [5.41, 5.74) is 0.932. The minimum absolute atomic E-state index is 0.568. The molecule has 2 aromatic rings. The number of hydrogen-bond acceptors (Lipinski definition) is 7. The molecule has 1 aromatic carbocycles. The fourth-order valence-electron chi connectivity index (χ4n) is 3.92. The summed E-state index contributed by atoms with van der Waals surface area (Å²) in [6.07, 6.45) is 4.90. The molecule has 0 atom stereocenters. The van der Waals surface area contributed by atoms with Gasteiger partial charge in [-0.1, -0.05) is 12.1 Å². The fourth-order valence-corrected chi connectivity index (χ4v) is 3.92. The zero-order valence-electron chi connectivity index (χ0n) is 18.3. The summed E-state index contributed by atoms with van der Waals surface area (Å²) in [7, 11) is 1.76. The van der Waals surface area contributed by atoms with Gasteiger partial charge >= 0.3 is 0 Å². The highest BCUT2D eigenvalue weighted by molar-refractivity contribution is 6.00. The van der Waals surface area contributed by atoms with E-state index in [0.29, 0.717) is 18.2 Å². The summed E-state index contributed by atoms with van der Waals surface area (Å²) in [5, 5.41) is 0. The van der Waals surface area contributed by atoms with Crippen molar-refractivity contribution in [2.75, 3.05) is 59.6 Å². The summed E-state index contributed by atoms with van der Waals surface area (Å²) in [5.74, 6) is 2.99. The van der Waals surface area contributed by atoms with Crippen LogP contribution in [0.3, 0.4) is 0 Å². The molecule has 7 heteroatoms. The van der Waals surface area contributed by atoms with E-state index in [0.717, 1.165) is 82.3 Å². The van der Waals surface area contributed by atoms with Crippen molar-refractivity contribution in [1.29, 1.82) is 0 Å². The normalized spacial score (nSPS) is 18.2. The second kappa shape index (κ2) is 11.1. The lowest BCUT2D eigenvalue weighted by atomic mass is 10.2. The minimum atomic E-state index is 0.568. The van der Waals surface area contributed by atoms with Crippen LogP contribution in [0.2, 0.25) is 0 Å². The van der Waals surface area contributed by atoms with Gasteiger partial charge in [-0.2, -0.15) is 0 Å². The number of para-hydroxylation sites is 2. The zero-order valence-corrected chi connectivity index (χ0v) is 18.3. The summed E-state index contributed by atoms with van der Waals surface area (Å²) < 4.78 is 17.5. The molecule has 1 saturated heterocycles. The van der Waals surface area contributed by atoms with Crippen molar-refractivity contribution in [2.24, 2.45) is 4.99 Å². The lowest BCUT2D eigenvalue weighted by molar-refractivity contribution is 0.120. The van der Waals surface area contributed by atoms with Crippen LogP contribution in [0.1, 0.15) is 24.8 Å². The maximum atomic E-state index is 6.28. The highest BCUT2D eigenvalue weighted by Crippen LogP contribution is 2.33. The third kappa shape index (κ3) is 5.74. The molecule has 2 aliphatic heterocycles. The highest BCUT2D eigenvalue weighted by atomic mass is 16.5. The van der Waals surface area contributed by atoms with Crippen molar-refractivity contribution < 1.29 is 14.2 Å². The van der Waals surface area contributed by atoms with Gasteiger partial charge in [0.05, 0.1) is 18.8 Å². The maximum absolute atomic E-state index is 6.28. The number of benzene rings is 1. The monoisotopic (exact) mass is 424 g/mol. The molecule has 0 aliphatic carbocycles. The molecule has 31 heavy (non-hydrogen) atoms. The number of aromatic nitrogens is 1. The zero-order chi connectivity index (χ0) is 21.3. The maximum Gasteiger partial charge on any atom is 0.230 e. The second-order valence-electron chi connectivity index (χ2n) is 7.84. The first-order valence-electron chi connectivity index (χ1n) is 11.2. The van der Waals surface area contributed by atoms with Crippen molar-refractivity contribution in [1.82, 2.24) is 14.8 Å². The molecule has 1 fully saturated rings. The molecule has 0 amide bonds. The van der Waals surface area contributed by atoms with E-state index in [4.69, 9.17) is 19.2 Å². The average molecular weight is 425 g/mol. The number of hydrogen-bond donors (Lipinski definition) is 0. The molecule has 0 bridgehead atoms. The summed E-state index contributed by atoms with van der Waals surface area (Å²) in [6.45, 7) is 7.05. The standard InChI is InChI=1S/C24H32N4O3/c1-29-19-17-27-13-15-28(16-14-27)23-20-8-7-12-26-24(20)31-22-10-4-3-9-21(22)30-18-6-2-5-11-25-23/h3-4,7-10,12H,2,5-6,11,13-19H2,1H3. The average Bonchev–Trinajstić information content (AvgIpc) is 2.83. The van der Waals surface area contributed by atoms with Gasteiger partial charge in [-0.05, 0) is 43.5 Å². The molecular weight excluding hydrogens is 392 g/mol. The van der Waals surface area contributed by atoms with E-state index < -0.39 is 0 Å². The predicted molar refractivity (Wildman–Crippen MR) is 121 cm³/mol. The molecule has 166 valence electrons. The van der Waals surface area contributed by atoms with Gasteiger partial charge < -0.3 is 19.1 Å². The quantitative estimate of drug-likeness (QED) is 0.752. The number of methoxy groups -OCH3 is 1. The van der Waals surface area contributed by atoms with E-state index in [1.54, 1.807) is 13.3 Å². The number of aliphatic imine (C=N–C) groups is 1. The van der Waals surface area contributed by atoms with Crippen molar-refractivity contribution in [3.05, 3.63) is 48.2 Å². The van der Waals surface area contributed by atoms with Gasteiger partial charge in [-0.3, -0.25) is 9.89 Å². The topological polar surface area (TPSA) is 59.4 Å². The van der Waals surface area contributed by atoms with Gasteiger partial charge in [0.15, 0.2) is 11.5 Å². The van der Waals surface area contributed by atoms with E-state index in [2.05, 4.69) is 20.9 Å². The highest BCUT2D eigenvalue weighted by Gasteiger charge is 2.24. The van der Waals surface area contributed by atoms with Crippen LogP contribution >= 0.6 is 0 Å². The van der Waals surface area contributed by atoms with Crippen molar-refractivity contribution in [3.8, 4) is 17.4 Å². The van der Waals surface area contributed by atoms with Gasteiger partial charge in [-0.25, -0.2) is 4.98 Å². The first-order valence-corrected chi connectivity index (χ1v) is 11.2. The Balaban J connectivity index is 1.61. The molecule has 2 aliphatic rings. The lowest BCUT2D eigenvalue weighted by Crippen LogP contribution is -2.49. The van der Waals surface area contributed by atoms with Crippen LogP contribution in [0.4, 0.5) is 0 Å². The SMILES string of the molecule is COCCN1CCN(C2=NCCCCCOc3ccccc3Oc3ncccc32)CC1. The Kier molecular flexibility index (Phi) is 7.74. The van der Waals surface area contributed by atoms with Crippen molar-refractivity contribution >= 4 is 5.84 Å². The number of amidine groups is 1. The third-order valence-electron chi connectivity index (χ3n) is 5.67.